The van der Waals surface area contributed by atoms with Crippen LogP contribution in [0.2, 0.25) is 0 Å². The predicted octanol–water partition coefficient (Wildman–Crippen LogP) is 2.83. The summed E-state index contributed by atoms with van der Waals surface area (Å²) < 4.78 is 19.4. The second-order valence-corrected chi connectivity index (χ2v) is 5.74. The standard InChI is InChI=1S/C17H19FN4O/c18-7-11-23-14-4-2-13(3-5-14)15-12-22-10-6-16(20-17(22)19-15)21-8-1-9-21/h2-6,10,12,16H,1,7-9,11H2,(H,19,20). The summed E-state index contributed by atoms with van der Waals surface area (Å²) >= 11 is 0. The molecule has 3 heterocycles. The molecular formula is C17H19FN4O. The van der Waals surface area contributed by atoms with Crippen molar-refractivity contribution in [2.75, 3.05) is 31.7 Å². The van der Waals surface area contributed by atoms with Gasteiger partial charge in [0.05, 0.1) is 5.69 Å². The topological polar surface area (TPSA) is 42.3 Å². The van der Waals surface area contributed by atoms with Gasteiger partial charge in [0.15, 0.2) is 0 Å². The number of hydrogen-bond acceptors (Lipinski definition) is 4. The first kappa shape index (κ1) is 14.3. The van der Waals surface area contributed by atoms with Gasteiger partial charge >= 0.3 is 0 Å². The summed E-state index contributed by atoms with van der Waals surface area (Å²) in [7, 11) is 0. The van der Waals surface area contributed by atoms with Gasteiger partial charge in [0.1, 0.15) is 25.2 Å². The Bertz CT molecular complexity index is 706. The van der Waals surface area contributed by atoms with Crippen molar-refractivity contribution in [1.29, 1.82) is 0 Å². The lowest BCUT2D eigenvalue weighted by Gasteiger charge is -2.38. The molecule has 2 aliphatic heterocycles. The van der Waals surface area contributed by atoms with E-state index in [0.29, 0.717) is 5.75 Å². The molecule has 2 aromatic rings. The predicted molar refractivity (Wildman–Crippen MR) is 88.1 cm³/mol. The number of anilines is 1. The van der Waals surface area contributed by atoms with Crippen molar-refractivity contribution >= 4 is 12.1 Å². The van der Waals surface area contributed by atoms with Crippen LogP contribution in [0.1, 0.15) is 6.42 Å². The maximum atomic E-state index is 12.1. The van der Waals surface area contributed by atoms with Gasteiger partial charge in [-0.15, -0.1) is 0 Å². The second kappa shape index (κ2) is 6.04. The number of aromatic nitrogens is 2. The number of likely N-dealkylation sites (tertiary alicyclic amines) is 1. The van der Waals surface area contributed by atoms with E-state index in [1.54, 1.807) is 0 Å². The van der Waals surface area contributed by atoms with Crippen molar-refractivity contribution in [3.63, 3.8) is 0 Å². The lowest BCUT2D eigenvalue weighted by atomic mass is 10.2. The Kier molecular flexibility index (Phi) is 3.75. The molecule has 0 aliphatic carbocycles. The van der Waals surface area contributed by atoms with E-state index in [1.807, 2.05) is 35.0 Å². The van der Waals surface area contributed by atoms with Crippen LogP contribution >= 0.6 is 0 Å². The molecule has 0 radical (unpaired) electrons. The number of alkyl halides is 1. The maximum Gasteiger partial charge on any atom is 0.209 e. The van der Waals surface area contributed by atoms with Gasteiger partial charge in [-0.3, -0.25) is 9.47 Å². The van der Waals surface area contributed by atoms with Crippen LogP contribution < -0.4 is 10.1 Å². The fourth-order valence-corrected chi connectivity index (χ4v) is 2.82. The Morgan fingerprint density at radius 3 is 2.78 bits per heavy atom. The van der Waals surface area contributed by atoms with E-state index in [2.05, 4.69) is 27.5 Å². The Morgan fingerprint density at radius 1 is 1.26 bits per heavy atom. The molecule has 1 saturated heterocycles. The molecule has 2 aliphatic rings. The van der Waals surface area contributed by atoms with E-state index in [1.165, 1.54) is 6.42 Å². The summed E-state index contributed by atoms with van der Waals surface area (Å²) in [5, 5.41) is 3.45. The van der Waals surface area contributed by atoms with Crippen molar-refractivity contribution in [1.82, 2.24) is 14.5 Å². The molecule has 23 heavy (non-hydrogen) atoms. The molecule has 1 atom stereocenters. The molecule has 120 valence electrons. The molecule has 4 rings (SSSR count). The van der Waals surface area contributed by atoms with Gasteiger partial charge in [0, 0.05) is 31.0 Å². The smallest absolute Gasteiger partial charge is 0.209 e. The lowest BCUT2D eigenvalue weighted by Crippen LogP contribution is -2.49. The van der Waals surface area contributed by atoms with Crippen molar-refractivity contribution in [2.24, 2.45) is 0 Å². The summed E-state index contributed by atoms with van der Waals surface area (Å²) in [6.45, 7) is 1.88. The van der Waals surface area contributed by atoms with Crippen LogP contribution in [0.15, 0.2) is 36.5 Å². The molecule has 0 bridgehead atoms. The molecule has 1 unspecified atom stereocenters. The van der Waals surface area contributed by atoms with Crippen LogP contribution in [-0.4, -0.2) is 47.0 Å². The molecule has 1 fully saturated rings. The highest BCUT2D eigenvalue weighted by Gasteiger charge is 2.25. The fraction of sp³-hybridized carbons (Fsp3) is 0.353. The quantitative estimate of drug-likeness (QED) is 0.921. The van der Waals surface area contributed by atoms with Crippen LogP contribution in [-0.2, 0) is 0 Å². The van der Waals surface area contributed by atoms with Crippen LogP contribution in [0.5, 0.6) is 5.75 Å². The third kappa shape index (κ3) is 2.82. The third-order valence-electron chi connectivity index (χ3n) is 4.22. The Labute approximate surface area is 134 Å². The highest BCUT2D eigenvalue weighted by Crippen LogP contribution is 2.27. The number of rotatable bonds is 5. The van der Waals surface area contributed by atoms with Crippen molar-refractivity contribution in [3.8, 4) is 17.0 Å². The molecule has 0 amide bonds. The molecule has 1 N–H and O–H groups in total. The van der Waals surface area contributed by atoms with Gasteiger partial charge in [0.25, 0.3) is 0 Å². The second-order valence-electron chi connectivity index (χ2n) is 5.74. The number of nitrogens with one attached hydrogen (secondary N) is 1. The van der Waals surface area contributed by atoms with Crippen molar-refractivity contribution in [2.45, 2.75) is 12.6 Å². The number of nitrogens with zero attached hydrogens (tertiary/aromatic N) is 3. The summed E-state index contributed by atoms with van der Waals surface area (Å²) in [5.74, 6) is 1.53. The van der Waals surface area contributed by atoms with E-state index in [0.717, 1.165) is 30.3 Å². The van der Waals surface area contributed by atoms with Crippen molar-refractivity contribution in [3.05, 3.63) is 36.5 Å². The van der Waals surface area contributed by atoms with Crippen LogP contribution in [0.25, 0.3) is 17.5 Å². The first-order chi connectivity index (χ1) is 11.3. The van der Waals surface area contributed by atoms with Gasteiger partial charge in [-0.1, -0.05) is 0 Å². The fourth-order valence-electron chi connectivity index (χ4n) is 2.82. The number of imidazole rings is 1. The zero-order valence-corrected chi connectivity index (χ0v) is 12.8. The first-order valence-electron chi connectivity index (χ1n) is 7.90. The summed E-state index contributed by atoms with van der Waals surface area (Å²) in [6.07, 6.45) is 7.73. The molecular weight excluding hydrogens is 295 g/mol. The average Bonchev–Trinajstić information content (AvgIpc) is 2.95. The average molecular weight is 314 g/mol. The van der Waals surface area contributed by atoms with Gasteiger partial charge in [0.2, 0.25) is 5.95 Å². The zero-order chi connectivity index (χ0) is 15.6. The summed E-state index contributed by atoms with van der Waals surface area (Å²) in [5.41, 5.74) is 1.91. The van der Waals surface area contributed by atoms with E-state index in [9.17, 15) is 4.39 Å². The largest absolute Gasteiger partial charge is 0.491 e. The van der Waals surface area contributed by atoms with E-state index < -0.39 is 6.67 Å². The summed E-state index contributed by atoms with van der Waals surface area (Å²) in [4.78, 5) is 7.06. The molecule has 6 heteroatoms. The van der Waals surface area contributed by atoms with Crippen LogP contribution in [0, 0.1) is 0 Å². The molecule has 1 aromatic carbocycles. The van der Waals surface area contributed by atoms with Gasteiger partial charge in [-0.2, -0.15) is 0 Å². The highest BCUT2D eigenvalue weighted by atomic mass is 19.1. The maximum absolute atomic E-state index is 12.1. The Balaban J connectivity index is 1.50. The van der Waals surface area contributed by atoms with Crippen LogP contribution in [0.3, 0.4) is 0 Å². The molecule has 1 aromatic heterocycles. The van der Waals surface area contributed by atoms with E-state index in [4.69, 9.17) is 4.74 Å². The minimum atomic E-state index is -0.480. The van der Waals surface area contributed by atoms with Crippen LogP contribution in [0.4, 0.5) is 10.3 Å². The monoisotopic (exact) mass is 314 g/mol. The zero-order valence-electron chi connectivity index (χ0n) is 12.8. The lowest BCUT2D eigenvalue weighted by molar-refractivity contribution is 0.157. The highest BCUT2D eigenvalue weighted by molar-refractivity contribution is 5.64. The molecule has 5 nitrogen and oxygen atoms in total. The Hall–Kier alpha value is -2.34. The number of ether oxygens (including phenoxy) is 1. The number of benzene rings is 1. The normalized spacial score (nSPS) is 19.8. The first-order valence-corrected chi connectivity index (χ1v) is 7.90. The van der Waals surface area contributed by atoms with Gasteiger partial charge in [-0.05, 0) is 36.8 Å². The minimum absolute atomic E-state index is 0.0880. The van der Waals surface area contributed by atoms with Crippen molar-refractivity contribution < 1.29 is 9.13 Å². The summed E-state index contributed by atoms with van der Waals surface area (Å²) in [6, 6.07) is 7.57. The number of hydrogen-bond donors (Lipinski definition) is 1. The number of fused-ring (bicyclic) bond motifs is 1. The minimum Gasteiger partial charge on any atom is -0.491 e. The molecule has 0 spiro atoms. The van der Waals surface area contributed by atoms with Gasteiger partial charge in [-0.25, -0.2) is 9.37 Å². The molecule has 0 saturated carbocycles. The Morgan fingerprint density at radius 2 is 2.09 bits per heavy atom. The third-order valence-corrected chi connectivity index (χ3v) is 4.22. The van der Waals surface area contributed by atoms with Gasteiger partial charge < -0.3 is 10.1 Å². The number of halogens is 1. The van der Waals surface area contributed by atoms with E-state index in [-0.39, 0.29) is 12.8 Å². The van der Waals surface area contributed by atoms with E-state index >= 15 is 0 Å². The SMILES string of the molecule is FCCOc1ccc(-c2cn3c(n2)NC(N2CCC2)C=C3)cc1.